The van der Waals surface area contributed by atoms with Crippen molar-refractivity contribution in [2.75, 3.05) is 37.0 Å². The molecule has 2 heterocycles. The van der Waals surface area contributed by atoms with Gasteiger partial charge in [0.2, 0.25) is 5.91 Å². The van der Waals surface area contributed by atoms with Gasteiger partial charge in [-0.2, -0.15) is 0 Å². The van der Waals surface area contributed by atoms with Gasteiger partial charge in [0.1, 0.15) is 18.0 Å². The van der Waals surface area contributed by atoms with Crippen molar-refractivity contribution in [3.63, 3.8) is 0 Å². The highest BCUT2D eigenvalue weighted by molar-refractivity contribution is 5.79. The van der Waals surface area contributed by atoms with Crippen LogP contribution in [-0.4, -0.2) is 49.1 Å². The van der Waals surface area contributed by atoms with E-state index in [4.69, 9.17) is 0 Å². The van der Waals surface area contributed by atoms with Crippen molar-refractivity contribution >= 4 is 17.5 Å². The monoisotopic (exact) mass is 339 g/mol. The van der Waals surface area contributed by atoms with Crippen LogP contribution in [0.1, 0.15) is 18.4 Å². The summed E-state index contributed by atoms with van der Waals surface area (Å²) >= 11 is 0. The Morgan fingerprint density at radius 2 is 2.08 bits per heavy atom. The molecule has 1 N–H and O–H groups in total. The maximum absolute atomic E-state index is 12.3. The van der Waals surface area contributed by atoms with Crippen LogP contribution in [0.3, 0.4) is 0 Å². The van der Waals surface area contributed by atoms with Gasteiger partial charge in [0.05, 0.1) is 6.42 Å². The van der Waals surface area contributed by atoms with Gasteiger partial charge in [-0.25, -0.2) is 9.97 Å². The van der Waals surface area contributed by atoms with Crippen molar-refractivity contribution < 1.29 is 4.79 Å². The molecule has 0 bridgehead atoms. The van der Waals surface area contributed by atoms with Crippen LogP contribution in [0.15, 0.2) is 42.7 Å². The van der Waals surface area contributed by atoms with Crippen molar-refractivity contribution in [1.82, 2.24) is 15.3 Å². The molecule has 2 aromatic rings. The Morgan fingerprint density at radius 1 is 1.28 bits per heavy atom. The van der Waals surface area contributed by atoms with Crippen LogP contribution in [0, 0.1) is 0 Å². The number of rotatable bonds is 5. The minimum atomic E-state index is 0.0784. The number of piperidine rings is 1. The van der Waals surface area contributed by atoms with E-state index in [-0.39, 0.29) is 11.9 Å². The predicted molar refractivity (Wildman–Crippen MR) is 99.9 cm³/mol. The van der Waals surface area contributed by atoms with Crippen LogP contribution < -0.4 is 15.1 Å². The summed E-state index contributed by atoms with van der Waals surface area (Å²) in [6.07, 6.45) is 4.07. The van der Waals surface area contributed by atoms with Crippen molar-refractivity contribution in [1.29, 1.82) is 0 Å². The summed E-state index contributed by atoms with van der Waals surface area (Å²) in [5, 5.41) is 3.17. The lowest BCUT2D eigenvalue weighted by Crippen LogP contribution is -2.48. The van der Waals surface area contributed by atoms with Crippen LogP contribution in [0.2, 0.25) is 0 Å². The van der Waals surface area contributed by atoms with Crippen LogP contribution in [0.5, 0.6) is 0 Å². The third-order valence-electron chi connectivity index (χ3n) is 4.41. The summed E-state index contributed by atoms with van der Waals surface area (Å²) in [6.45, 7) is 1.74. The smallest absolute Gasteiger partial charge is 0.224 e. The summed E-state index contributed by atoms with van der Waals surface area (Å²) in [7, 11) is 3.93. The van der Waals surface area contributed by atoms with E-state index in [0.717, 1.165) is 43.1 Å². The number of hydrogen-bond acceptors (Lipinski definition) is 5. The molecule has 3 rings (SSSR count). The molecule has 0 saturated carbocycles. The molecule has 0 aliphatic carbocycles. The lowest BCUT2D eigenvalue weighted by Gasteiger charge is -2.34. The number of carbonyl (C=O) groups excluding carboxylic acids is 1. The Hall–Kier alpha value is -2.63. The van der Waals surface area contributed by atoms with Gasteiger partial charge in [0.25, 0.3) is 0 Å². The highest BCUT2D eigenvalue weighted by atomic mass is 16.1. The lowest BCUT2D eigenvalue weighted by atomic mass is 10.0. The van der Waals surface area contributed by atoms with Crippen LogP contribution >= 0.6 is 0 Å². The van der Waals surface area contributed by atoms with E-state index in [1.165, 1.54) is 0 Å². The zero-order chi connectivity index (χ0) is 17.6. The second-order valence-electron chi connectivity index (χ2n) is 6.64. The molecule has 6 heteroatoms. The number of nitrogens with one attached hydrogen (secondary N) is 1. The average molecular weight is 339 g/mol. The number of hydrogen-bond donors (Lipinski definition) is 1. The molecular weight excluding hydrogens is 314 g/mol. The Morgan fingerprint density at radius 3 is 2.84 bits per heavy atom. The van der Waals surface area contributed by atoms with Crippen molar-refractivity contribution in [2.24, 2.45) is 0 Å². The molecule has 6 nitrogen and oxygen atoms in total. The van der Waals surface area contributed by atoms with Crippen LogP contribution in [-0.2, 0) is 11.2 Å². The fourth-order valence-corrected chi connectivity index (χ4v) is 3.12. The maximum atomic E-state index is 12.3. The zero-order valence-corrected chi connectivity index (χ0v) is 14.9. The topological polar surface area (TPSA) is 61.4 Å². The van der Waals surface area contributed by atoms with E-state index in [9.17, 15) is 4.79 Å². The SMILES string of the molecule is CN(C)c1cc(N2CCC[C@H](NC(=O)Cc3ccccc3)C2)ncn1. The summed E-state index contributed by atoms with van der Waals surface area (Å²) in [5.74, 6) is 1.88. The van der Waals surface area contributed by atoms with Gasteiger partial charge in [-0.05, 0) is 18.4 Å². The van der Waals surface area contributed by atoms with E-state index in [0.29, 0.717) is 6.42 Å². The number of benzene rings is 1. The number of nitrogens with zero attached hydrogens (tertiary/aromatic N) is 4. The fourth-order valence-electron chi connectivity index (χ4n) is 3.12. The third kappa shape index (κ3) is 4.68. The van der Waals surface area contributed by atoms with Gasteiger partial charge in [0, 0.05) is 39.3 Å². The van der Waals surface area contributed by atoms with Crippen molar-refractivity contribution in [3.05, 3.63) is 48.3 Å². The van der Waals surface area contributed by atoms with E-state index >= 15 is 0 Å². The molecule has 1 aliphatic rings. The van der Waals surface area contributed by atoms with Gasteiger partial charge in [-0.15, -0.1) is 0 Å². The third-order valence-corrected chi connectivity index (χ3v) is 4.41. The van der Waals surface area contributed by atoms with Crippen LogP contribution in [0.4, 0.5) is 11.6 Å². The second kappa shape index (κ2) is 7.96. The Balaban J connectivity index is 1.59. The maximum Gasteiger partial charge on any atom is 0.224 e. The second-order valence-corrected chi connectivity index (χ2v) is 6.64. The minimum absolute atomic E-state index is 0.0784. The largest absolute Gasteiger partial charge is 0.363 e. The van der Waals surface area contributed by atoms with Crippen molar-refractivity contribution in [3.8, 4) is 0 Å². The van der Waals surface area contributed by atoms with E-state index in [1.54, 1.807) is 6.33 Å². The predicted octanol–water partition coefficient (Wildman–Crippen LogP) is 1.87. The first-order valence-corrected chi connectivity index (χ1v) is 8.69. The van der Waals surface area contributed by atoms with E-state index < -0.39 is 0 Å². The summed E-state index contributed by atoms with van der Waals surface area (Å²) < 4.78 is 0. The summed E-state index contributed by atoms with van der Waals surface area (Å²) in [4.78, 5) is 25.2. The molecule has 1 aliphatic heterocycles. The Kier molecular flexibility index (Phi) is 5.48. The quantitative estimate of drug-likeness (QED) is 0.901. The molecule has 1 amide bonds. The molecule has 1 aromatic carbocycles. The molecule has 0 unspecified atom stereocenters. The fraction of sp³-hybridized carbons (Fsp3) is 0.421. The van der Waals surface area contributed by atoms with Gasteiger partial charge in [-0.3, -0.25) is 4.79 Å². The van der Waals surface area contributed by atoms with E-state index in [1.807, 2.05) is 55.4 Å². The molecule has 0 radical (unpaired) electrons. The average Bonchev–Trinajstić information content (AvgIpc) is 2.63. The molecule has 0 spiro atoms. The van der Waals surface area contributed by atoms with Gasteiger partial charge in [-0.1, -0.05) is 30.3 Å². The molecule has 1 aromatic heterocycles. The molecule has 25 heavy (non-hydrogen) atoms. The lowest BCUT2D eigenvalue weighted by molar-refractivity contribution is -0.121. The van der Waals surface area contributed by atoms with Crippen LogP contribution in [0.25, 0.3) is 0 Å². The molecule has 1 fully saturated rings. The van der Waals surface area contributed by atoms with E-state index in [2.05, 4.69) is 20.2 Å². The number of aromatic nitrogens is 2. The van der Waals surface area contributed by atoms with Gasteiger partial charge in [0.15, 0.2) is 0 Å². The molecule has 1 atom stereocenters. The number of carbonyl (C=O) groups is 1. The van der Waals surface area contributed by atoms with Crippen molar-refractivity contribution in [2.45, 2.75) is 25.3 Å². The molecular formula is C19H25N5O. The minimum Gasteiger partial charge on any atom is -0.363 e. The first-order chi connectivity index (χ1) is 12.1. The molecule has 132 valence electrons. The summed E-state index contributed by atoms with van der Waals surface area (Å²) in [6, 6.07) is 12.0. The van der Waals surface area contributed by atoms with Gasteiger partial charge < -0.3 is 15.1 Å². The standard InChI is InChI=1S/C19H25N5O/c1-23(2)17-12-18(21-14-20-17)24-10-6-9-16(13-24)22-19(25)11-15-7-4-3-5-8-15/h3-5,7-8,12,14,16H,6,9-11,13H2,1-2H3,(H,22,25)/t16-/m0/s1. The normalized spacial score (nSPS) is 17.2. The number of anilines is 2. The molecule has 1 saturated heterocycles. The summed E-state index contributed by atoms with van der Waals surface area (Å²) in [5.41, 5.74) is 1.04. The van der Waals surface area contributed by atoms with Gasteiger partial charge >= 0.3 is 0 Å². The zero-order valence-electron chi connectivity index (χ0n) is 14.9. The highest BCUT2D eigenvalue weighted by Gasteiger charge is 2.22. The Bertz CT molecular complexity index is 704. The Labute approximate surface area is 148 Å². The highest BCUT2D eigenvalue weighted by Crippen LogP contribution is 2.20. The first-order valence-electron chi connectivity index (χ1n) is 8.69. The first kappa shape index (κ1) is 17.2. The number of amides is 1.